The third-order valence-electron chi connectivity index (χ3n) is 3.84. The van der Waals surface area contributed by atoms with Gasteiger partial charge >= 0.3 is 0 Å². The van der Waals surface area contributed by atoms with Gasteiger partial charge in [-0.25, -0.2) is 0 Å². The third kappa shape index (κ3) is 6.75. The molecular formula is C16H34N2. The van der Waals surface area contributed by atoms with Gasteiger partial charge in [0, 0.05) is 12.1 Å². The van der Waals surface area contributed by atoms with Crippen LogP contribution < -0.4 is 5.32 Å². The first-order valence-corrected chi connectivity index (χ1v) is 7.97. The Morgan fingerprint density at radius 1 is 1.00 bits per heavy atom. The molecule has 0 radical (unpaired) electrons. The van der Waals surface area contributed by atoms with Crippen molar-refractivity contribution in [3.63, 3.8) is 0 Å². The van der Waals surface area contributed by atoms with Gasteiger partial charge < -0.3 is 5.32 Å². The predicted molar refractivity (Wildman–Crippen MR) is 81.0 cm³/mol. The number of hydrogen-bond donors (Lipinski definition) is 1. The molecule has 2 nitrogen and oxygen atoms in total. The Hall–Kier alpha value is -0.0800. The number of nitrogens with one attached hydrogen (secondary N) is 1. The normalized spacial score (nSPS) is 18.0. The fraction of sp³-hybridized carbons (Fsp3) is 1.00. The van der Waals surface area contributed by atoms with Gasteiger partial charge in [-0.05, 0) is 64.1 Å². The summed E-state index contributed by atoms with van der Waals surface area (Å²) in [5, 5.41) is 3.57. The first kappa shape index (κ1) is 16.0. The van der Waals surface area contributed by atoms with Crippen LogP contribution in [0.1, 0.15) is 60.3 Å². The molecule has 1 aliphatic carbocycles. The molecule has 1 aliphatic rings. The van der Waals surface area contributed by atoms with Gasteiger partial charge in [0.1, 0.15) is 0 Å². The van der Waals surface area contributed by atoms with Crippen molar-refractivity contribution in [3.05, 3.63) is 0 Å². The molecule has 0 bridgehead atoms. The van der Waals surface area contributed by atoms with Crippen molar-refractivity contribution in [2.75, 3.05) is 19.6 Å². The molecule has 0 spiro atoms. The van der Waals surface area contributed by atoms with E-state index in [1.54, 1.807) is 0 Å². The molecule has 1 fully saturated rings. The Morgan fingerprint density at radius 3 is 2.17 bits per heavy atom. The van der Waals surface area contributed by atoms with Crippen LogP contribution in [0.4, 0.5) is 0 Å². The predicted octanol–water partition coefficient (Wildman–Crippen LogP) is 3.52. The largest absolute Gasteiger partial charge is 0.316 e. The smallest absolute Gasteiger partial charge is 0.00992 e. The molecule has 0 aromatic carbocycles. The summed E-state index contributed by atoms with van der Waals surface area (Å²) < 4.78 is 0. The van der Waals surface area contributed by atoms with Crippen molar-refractivity contribution in [2.45, 2.75) is 72.4 Å². The minimum atomic E-state index is 0.746. The van der Waals surface area contributed by atoms with Gasteiger partial charge in [-0.2, -0.15) is 0 Å². The molecule has 1 N–H and O–H groups in total. The summed E-state index contributed by atoms with van der Waals surface area (Å²) in [6.45, 7) is 15.3. The van der Waals surface area contributed by atoms with Crippen LogP contribution in [0.5, 0.6) is 0 Å². The van der Waals surface area contributed by atoms with E-state index in [0.717, 1.165) is 30.5 Å². The lowest BCUT2D eigenvalue weighted by Crippen LogP contribution is -2.38. The van der Waals surface area contributed by atoms with Crippen molar-refractivity contribution in [1.29, 1.82) is 0 Å². The van der Waals surface area contributed by atoms with Crippen molar-refractivity contribution < 1.29 is 0 Å². The quantitative estimate of drug-likeness (QED) is 0.600. The second-order valence-electron chi connectivity index (χ2n) is 6.89. The third-order valence-corrected chi connectivity index (χ3v) is 3.84. The van der Waals surface area contributed by atoms with E-state index in [4.69, 9.17) is 0 Å². The highest BCUT2D eigenvalue weighted by atomic mass is 15.2. The van der Waals surface area contributed by atoms with Crippen LogP contribution >= 0.6 is 0 Å². The highest BCUT2D eigenvalue weighted by molar-refractivity contribution is 4.87. The molecule has 1 atom stereocenters. The van der Waals surface area contributed by atoms with Crippen LogP contribution in [0, 0.1) is 11.8 Å². The average Bonchev–Trinajstić information content (AvgIpc) is 3.08. The van der Waals surface area contributed by atoms with E-state index in [1.165, 1.54) is 38.8 Å². The van der Waals surface area contributed by atoms with Gasteiger partial charge in [0.25, 0.3) is 0 Å². The van der Waals surface area contributed by atoms with E-state index < -0.39 is 0 Å². The van der Waals surface area contributed by atoms with Crippen molar-refractivity contribution >= 4 is 0 Å². The average molecular weight is 254 g/mol. The maximum absolute atomic E-state index is 3.57. The summed E-state index contributed by atoms with van der Waals surface area (Å²) in [4.78, 5) is 2.76. The minimum Gasteiger partial charge on any atom is -0.316 e. The van der Waals surface area contributed by atoms with Crippen molar-refractivity contribution in [2.24, 2.45) is 11.8 Å². The summed E-state index contributed by atoms with van der Waals surface area (Å²) in [5.41, 5.74) is 0. The Labute approximate surface area is 115 Å². The molecule has 1 unspecified atom stereocenters. The second-order valence-corrected chi connectivity index (χ2v) is 6.89. The van der Waals surface area contributed by atoms with Gasteiger partial charge in [0.15, 0.2) is 0 Å². The lowest BCUT2D eigenvalue weighted by molar-refractivity contribution is 0.178. The van der Waals surface area contributed by atoms with Crippen LogP contribution in [-0.2, 0) is 0 Å². The van der Waals surface area contributed by atoms with E-state index in [9.17, 15) is 0 Å². The first-order chi connectivity index (χ1) is 8.50. The van der Waals surface area contributed by atoms with Gasteiger partial charge in [-0.3, -0.25) is 4.90 Å². The van der Waals surface area contributed by atoms with E-state index in [0.29, 0.717) is 0 Å². The molecular weight excluding hydrogens is 220 g/mol. The molecule has 108 valence electrons. The minimum absolute atomic E-state index is 0.746. The summed E-state index contributed by atoms with van der Waals surface area (Å²) in [7, 11) is 0. The molecule has 18 heavy (non-hydrogen) atoms. The van der Waals surface area contributed by atoms with Gasteiger partial charge in [-0.15, -0.1) is 0 Å². The van der Waals surface area contributed by atoms with E-state index in [1.807, 2.05) is 0 Å². The number of hydrogen-bond acceptors (Lipinski definition) is 2. The Morgan fingerprint density at radius 2 is 1.67 bits per heavy atom. The van der Waals surface area contributed by atoms with Crippen LogP contribution in [0.15, 0.2) is 0 Å². The SMILES string of the molecule is CC(C)CCN(C(C)CCNCC(C)C)C1CC1. The highest BCUT2D eigenvalue weighted by Gasteiger charge is 2.31. The summed E-state index contributed by atoms with van der Waals surface area (Å²) >= 11 is 0. The molecule has 0 amide bonds. The molecule has 0 heterocycles. The Balaban J connectivity index is 2.20. The zero-order valence-corrected chi connectivity index (χ0v) is 13.2. The van der Waals surface area contributed by atoms with Crippen molar-refractivity contribution in [1.82, 2.24) is 10.2 Å². The lowest BCUT2D eigenvalue weighted by atomic mass is 10.1. The monoisotopic (exact) mass is 254 g/mol. The van der Waals surface area contributed by atoms with Gasteiger partial charge in [0.05, 0.1) is 0 Å². The van der Waals surface area contributed by atoms with Crippen LogP contribution in [0.25, 0.3) is 0 Å². The Kier molecular flexibility index (Phi) is 7.25. The van der Waals surface area contributed by atoms with Crippen molar-refractivity contribution in [3.8, 4) is 0 Å². The molecule has 0 aromatic heterocycles. The summed E-state index contributed by atoms with van der Waals surface area (Å²) in [5.74, 6) is 1.60. The first-order valence-electron chi connectivity index (χ1n) is 7.97. The van der Waals surface area contributed by atoms with E-state index >= 15 is 0 Å². The topological polar surface area (TPSA) is 15.3 Å². The number of nitrogens with zero attached hydrogens (tertiary/aromatic N) is 1. The number of rotatable bonds is 10. The fourth-order valence-electron chi connectivity index (χ4n) is 2.44. The van der Waals surface area contributed by atoms with Gasteiger partial charge in [0.2, 0.25) is 0 Å². The van der Waals surface area contributed by atoms with Crippen LogP contribution in [0.2, 0.25) is 0 Å². The maximum atomic E-state index is 3.57. The summed E-state index contributed by atoms with van der Waals surface area (Å²) in [6.07, 6.45) is 5.51. The molecule has 0 saturated heterocycles. The molecule has 2 heteroatoms. The van der Waals surface area contributed by atoms with Crippen LogP contribution in [-0.4, -0.2) is 36.6 Å². The zero-order valence-electron chi connectivity index (χ0n) is 13.2. The van der Waals surface area contributed by atoms with E-state index in [-0.39, 0.29) is 0 Å². The Bertz CT molecular complexity index is 209. The standard InChI is InChI=1S/C16H34N2/c1-13(2)9-11-18(16-6-7-16)15(5)8-10-17-12-14(3)4/h13-17H,6-12H2,1-5H3. The lowest BCUT2D eigenvalue weighted by Gasteiger charge is -2.30. The molecule has 1 saturated carbocycles. The maximum Gasteiger partial charge on any atom is 0.00992 e. The zero-order chi connectivity index (χ0) is 13.5. The molecule has 0 aliphatic heterocycles. The molecule has 1 rings (SSSR count). The second kappa shape index (κ2) is 8.16. The van der Waals surface area contributed by atoms with Gasteiger partial charge in [-0.1, -0.05) is 27.7 Å². The van der Waals surface area contributed by atoms with E-state index in [2.05, 4.69) is 44.8 Å². The summed E-state index contributed by atoms with van der Waals surface area (Å²) in [6, 6.07) is 1.65. The highest BCUT2D eigenvalue weighted by Crippen LogP contribution is 2.29. The fourth-order valence-corrected chi connectivity index (χ4v) is 2.44. The molecule has 0 aromatic rings. The van der Waals surface area contributed by atoms with Crippen LogP contribution in [0.3, 0.4) is 0 Å².